The van der Waals surface area contributed by atoms with E-state index in [2.05, 4.69) is 15.0 Å². The molecular formula is C13H10N4O. The largest absolute Gasteiger partial charge is 0.298 e. The van der Waals surface area contributed by atoms with Gasteiger partial charge < -0.3 is 0 Å². The van der Waals surface area contributed by atoms with Crippen LogP contribution < -0.4 is 0 Å². The van der Waals surface area contributed by atoms with E-state index >= 15 is 0 Å². The molecule has 5 nitrogen and oxygen atoms in total. The average Bonchev–Trinajstić information content (AvgIpc) is 2.85. The Bertz CT molecular complexity index is 718. The van der Waals surface area contributed by atoms with E-state index in [4.69, 9.17) is 0 Å². The van der Waals surface area contributed by atoms with Gasteiger partial charge in [0, 0.05) is 35.7 Å². The van der Waals surface area contributed by atoms with Gasteiger partial charge in [-0.1, -0.05) is 0 Å². The molecule has 0 saturated heterocycles. The van der Waals surface area contributed by atoms with Gasteiger partial charge in [0.25, 0.3) is 0 Å². The fraction of sp³-hybridized carbons (Fsp3) is 0.0769. The highest BCUT2D eigenvalue weighted by atomic mass is 16.1. The van der Waals surface area contributed by atoms with E-state index in [1.54, 1.807) is 24.8 Å². The third-order valence-electron chi connectivity index (χ3n) is 2.95. The predicted molar refractivity (Wildman–Crippen MR) is 66.8 cm³/mol. The highest BCUT2D eigenvalue weighted by Gasteiger charge is 2.09. The Morgan fingerprint density at radius 2 is 2.11 bits per heavy atom. The number of rotatable bonds is 2. The molecule has 88 valence electrons. The summed E-state index contributed by atoms with van der Waals surface area (Å²) in [5, 5.41) is 0.949. The number of pyridine rings is 1. The average molecular weight is 238 g/mol. The minimum Gasteiger partial charge on any atom is -0.298 e. The first-order valence-electron chi connectivity index (χ1n) is 5.49. The van der Waals surface area contributed by atoms with Crippen molar-refractivity contribution in [2.24, 2.45) is 0 Å². The lowest BCUT2D eigenvalue weighted by Gasteiger charge is -2.04. The number of carbonyl (C=O) groups excluding carboxylic acids is 1. The smallest absolute Gasteiger partial charge is 0.156 e. The molecule has 0 aliphatic heterocycles. The van der Waals surface area contributed by atoms with E-state index in [1.807, 2.05) is 23.8 Å². The highest BCUT2D eigenvalue weighted by Crippen LogP contribution is 2.21. The topological polar surface area (TPSA) is 60.7 Å². The number of carbonyl (C=O) groups is 1. The molecule has 0 aromatic carbocycles. The van der Waals surface area contributed by atoms with E-state index in [0.29, 0.717) is 11.4 Å². The van der Waals surface area contributed by atoms with Crippen molar-refractivity contribution in [2.45, 2.75) is 6.92 Å². The third kappa shape index (κ3) is 1.48. The van der Waals surface area contributed by atoms with E-state index in [1.165, 1.54) is 0 Å². The van der Waals surface area contributed by atoms with Gasteiger partial charge in [-0.25, -0.2) is 9.97 Å². The molecule has 0 fully saturated rings. The van der Waals surface area contributed by atoms with Gasteiger partial charge in [0.05, 0.1) is 6.20 Å². The summed E-state index contributed by atoms with van der Waals surface area (Å²) < 4.78 is 1.85. The first-order chi connectivity index (χ1) is 8.81. The minimum atomic E-state index is 0.611. The summed E-state index contributed by atoms with van der Waals surface area (Å²) in [5.74, 6) is 0.707. The Labute approximate surface area is 103 Å². The summed E-state index contributed by atoms with van der Waals surface area (Å²) in [5.41, 5.74) is 2.32. The molecule has 18 heavy (non-hydrogen) atoms. The van der Waals surface area contributed by atoms with Crippen molar-refractivity contribution in [3.8, 4) is 5.82 Å². The molecule has 0 unspecified atom stereocenters. The van der Waals surface area contributed by atoms with Gasteiger partial charge >= 0.3 is 0 Å². The number of aromatic nitrogens is 4. The number of aryl methyl sites for hydroxylation is 1. The summed E-state index contributed by atoms with van der Waals surface area (Å²) in [7, 11) is 0. The Balaban J connectivity index is 2.28. The molecule has 5 heteroatoms. The fourth-order valence-electron chi connectivity index (χ4n) is 1.95. The Kier molecular flexibility index (Phi) is 2.37. The van der Waals surface area contributed by atoms with Crippen LogP contribution in [0, 0.1) is 6.92 Å². The first kappa shape index (κ1) is 10.6. The van der Waals surface area contributed by atoms with Crippen molar-refractivity contribution in [3.63, 3.8) is 0 Å². The summed E-state index contributed by atoms with van der Waals surface area (Å²) in [4.78, 5) is 23.5. The maximum Gasteiger partial charge on any atom is 0.156 e. The highest BCUT2D eigenvalue weighted by molar-refractivity contribution is 5.89. The number of aldehydes is 1. The SMILES string of the molecule is Cc1c(C=O)cnc2c1ccn2-c1cnccn1. The molecule has 0 aliphatic rings. The van der Waals surface area contributed by atoms with Crippen LogP contribution in [0.4, 0.5) is 0 Å². The summed E-state index contributed by atoms with van der Waals surface area (Å²) >= 11 is 0. The lowest BCUT2D eigenvalue weighted by atomic mass is 10.1. The molecule has 3 aromatic heterocycles. The van der Waals surface area contributed by atoms with Gasteiger partial charge in [-0.3, -0.25) is 14.3 Å². The van der Waals surface area contributed by atoms with Gasteiger partial charge in [-0.15, -0.1) is 0 Å². The second-order valence-electron chi connectivity index (χ2n) is 3.94. The molecule has 0 aliphatic carbocycles. The van der Waals surface area contributed by atoms with Crippen molar-refractivity contribution < 1.29 is 4.79 Å². The maximum absolute atomic E-state index is 10.9. The third-order valence-corrected chi connectivity index (χ3v) is 2.95. The van der Waals surface area contributed by atoms with Crippen molar-refractivity contribution in [1.29, 1.82) is 0 Å². The van der Waals surface area contributed by atoms with Crippen molar-refractivity contribution in [2.75, 3.05) is 0 Å². The Hall–Kier alpha value is -2.56. The van der Waals surface area contributed by atoms with Crippen LogP contribution in [0.15, 0.2) is 37.1 Å². The standard InChI is InChI=1S/C13H10N4O/c1-9-10(8-18)6-16-13-11(9)2-5-17(13)12-7-14-3-4-15-12/h2-8H,1H3. The van der Waals surface area contributed by atoms with Crippen molar-refractivity contribution >= 4 is 17.3 Å². The van der Waals surface area contributed by atoms with Gasteiger partial charge in [0.2, 0.25) is 0 Å². The van der Waals surface area contributed by atoms with Crippen LogP contribution >= 0.6 is 0 Å². The van der Waals surface area contributed by atoms with Crippen LogP contribution in [0.2, 0.25) is 0 Å². The van der Waals surface area contributed by atoms with Crippen LogP contribution in [-0.2, 0) is 0 Å². The normalized spacial score (nSPS) is 10.7. The molecule has 0 radical (unpaired) electrons. The van der Waals surface area contributed by atoms with E-state index in [9.17, 15) is 4.79 Å². The summed E-state index contributed by atoms with van der Waals surface area (Å²) in [6, 6.07) is 1.93. The van der Waals surface area contributed by atoms with Crippen molar-refractivity contribution in [1.82, 2.24) is 19.5 Å². The molecular weight excluding hydrogens is 228 g/mol. The molecule has 0 amide bonds. The zero-order valence-electron chi connectivity index (χ0n) is 9.74. The fourth-order valence-corrected chi connectivity index (χ4v) is 1.95. The number of hydrogen-bond donors (Lipinski definition) is 0. The second-order valence-corrected chi connectivity index (χ2v) is 3.94. The Morgan fingerprint density at radius 1 is 1.22 bits per heavy atom. The zero-order chi connectivity index (χ0) is 12.5. The van der Waals surface area contributed by atoms with Gasteiger partial charge in [0.15, 0.2) is 12.1 Å². The predicted octanol–water partition coefficient (Wildman–Crippen LogP) is 1.94. The maximum atomic E-state index is 10.9. The quantitative estimate of drug-likeness (QED) is 0.640. The van der Waals surface area contributed by atoms with Crippen LogP contribution in [-0.4, -0.2) is 25.8 Å². The molecule has 0 N–H and O–H groups in total. The van der Waals surface area contributed by atoms with E-state index in [0.717, 1.165) is 22.9 Å². The van der Waals surface area contributed by atoms with E-state index < -0.39 is 0 Å². The van der Waals surface area contributed by atoms with Crippen LogP contribution in [0.1, 0.15) is 15.9 Å². The van der Waals surface area contributed by atoms with E-state index in [-0.39, 0.29) is 0 Å². The summed E-state index contributed by atoms with van der Waals surface area (Å²) in [6.45, 7) is 1.91. The van der Waals surface area contributed by atoms with Gasteiger partial charge in [-0.2, -0.15) is 0 Å². The van der Waals surface area contributed by atoms with Crippen LogP contribution in [0.25, 0.3) is 16.9 Å². The Morgan fingerprint density at radius 3 is 2.83 bits per heavy atom. The molecule has 3 heterocycles. The van der Waals surface area contributed by atoms with Gasteiger partial charge in [-0.05, 0) is 18.6 Å². The van der Waals surface area contributed by atoms with Crippen LogP contribution in [0.5, 0.6) is 0 Å². The molecule has 0 atom stereocenters. The zero-order valence-corrected chi connectivity index (χ0v) is 9.74. The lowest BCUT2D eigenvalue weighted by Crippen LogP contribution is -1.98. The molecule has 3 rings (SSSR count). The molecule has 0 saturated carbocycles. The summed E-state index contributed by atoms with van der Waals surface area (Å²) in [6.07, 6.45) is 9.21. The molecule has 0 bridgehead atoms. The number of nitrogens with zero attached hydrogens (tertiary/aromatic N) is 4. The monoisotopic (exact) mass is 238 g/mol. The first-order valence-corrected chi connectivity index (χ1v) is 5.49. The minimum absolute atomic E-state index is 0.611. The lowest BCUT2D eigenvalue weighted by molar-refractivity contribution is 0.112. The number of fused-ring (bicyclic) bond motifs is 1. The van der Waals surface area contributed by atoms with Crippen molar-refractivity contribution in [3.05, 3.63) is 48.2 Å². The number of hydrogen-bond acceptors (Lipinski definition) is 4. The van der Waals surface area contributed by atoms with Gasteiger partial charge in [0.1, 0.15) is 5.65 Å². The van der Waals surface area contributed by atoms with Crippen LogP contribution in [0.3, 0.4) is 0 Å². The second kappa shape index (κ2) is 4.03. The molecule has 0 spiro atoms. The molecule has 3 aromatic rings.